The first-order chi connectivity index (χ1) is 13.0. The van der Waals surface area contributed by atoms with E-state index in [9.17, 15) is 9.18 Å². The number of fused-ring (bicyclic) bond motifs is 2. The van der Waals surface area contributed by atoms with E-state index in [4.69, 9.17) is 16.3 Å². The summed E-state index contributed by atoms with van der Waals surface area (Å²) < 4.78 is 19.2. The standard InChI is InChI=1S/C21H22ClFN2O2/c1-25-14-7-8-15(25)12-16(11-14)27-21(26)24-20-5-3-2-4-17(20)13-6-9-19(23)18(22)10-13/h2-6,9-10,14-16H,7-8,11-12H2,1H3,(H,24,26). The van der Waals surface area contributed by atoms with E-state index in [1.165, 1.54) is 18.9 Å². The molecule has 2 heterocycles. The van der Waals surface area contributed by atoms with Crippen LogP contribution in [0.5, 0.6) is 0 Å². The molecule has 0 saturated carbocycles. The van der Waals surface area contributed by atoms with Crippen LogP contribution in [0.15, 0.2) is 42.5 Å². The van der Waals surface area contributed by atoms with E-state index in [-0.39, 0.29) is 11.1 Å². The minimum atomic E-state index is -0.470. The number of piperidine rings is 1. The lowest BCUT2D eigenvalue weighted by atomic mass is 10.0. The molecule has 2 aliphatic heterocycles. The molecule has 2 unspecified atom stereocenters. The maximum absolute atomic E-state index is 13.5. The lowest BCUT2D eigenvalue weighted by molar-refractivity contribution is 0.0348. The van der Waals surface area contributed by atoms with Crippen molar-refractivity contribution in [2.45, 2.75) is 43.9 Å². The van der Waals surface area contributed by atoms with Crippen LogP contribution in [0.25, 0.3) is 11.1 Å². The first kappa shape index (κ1) is 18.3. The Hall–Kier alpha value is -2.11. The van der Waals surface area contributed by atoms with Crippen molar-refractivity contribution in [1.82, 2.24) is 4.90 Å². The molecule has 27 heavy (non-hydrogen) atoms. The number of benzene rings is 2. The van der Waals surface area contributed by atoms with Crippen LogP contribution < -0.4 is 5.32 Å². The molecule has 2 aliphatic rings. The molecule has 0 aromatic heterocycles. The summed E-state index contributed by atoms with van der Waals surface area (Å²) in [6.45, 7) is 0. The van der Waals surface area contributed by atoms with Crippen molar-refractivity contribution in [2.24, 2.45) is 0 Å². The number of amides is 1. The molecule has 0 spiro atoms. The summed E-state index contributed by atoms with van der Waals surface area (Å²) in [6, 6.07) is 12.9. The van der Waals surface area contributed by atoms with Gasteiger partial charge in [0.1, 0.15) is 11.9 Å². The first-order valence-corrected chi connectivity index (χ1v) is 9.63. The molecule has 2 fully saturated rings. The maximum atomic E-state index is 13.5. The summed E-state index contributed by atoms with van der Waals surface area (Å²) in [6.07, 6.45) is 3.62. The highest BCUT2D eigenvalue weighted by Crippen LogP contribution is 2.36. The Kier molecular flexibility index (Phi) is 5.06. The van der Waals surface area contributed by atoms with Gasteiger partial charge in [-0.15, -0.1) is 0 Å². The Morgan fingerprint density at radius 3 is 2.59 bits per heavy atom. The molecule has 1 amide bonds. The highest BCUT2D eigenvalue weighted by molar-refractivity contribution is 6.31. The van der Waals surface area contributed by atoms with Crippen LogP contribution in [-0.2, 0) is 4.74 Å². The zero-order valence-electron chi connectivity index (χ0n) is 15.1. The molecule has 6 heteroatoms. The highest BCUT2D eigenvalue weighted by Gasteiger charge is 2.39. The second-order valence-electron chi connectivity index (χ2n) is 7.35. The van der Waals surface area contributed by atoms with Crippen molar-refractivity contribution < 1.29 is 13.9 Å². The van der Waals surface area contributed by atoms with Gasteiger partial charge in [-0.25, -0.2) is 9.18 Å². The van der Waals surface area contributed by atoms with Gasteiger partial charge in [0.2, 0.25) is 0 Å². The number of anilines is 1. The van der Waals surface area contributed by atoms with Gasteiger partial charge in [0.25, 0.3) is 0 Å². The van der Waals surface area contributed by atoms with Gasteiger partial charge in [-0.3, -0.25) is 5.32 Å². The maximum Gasteiger partial charge on any atom is 0.411 e. The molecule has 4 nitrogen and oxygen atoms in total. The number of hydrogen-bond donors (Lipinski definition) is 1. The summed E-state index contributed by atoms with van der Waals surface area (Å²) in [4.78, 5) is 14.9. The lowest BCUT2D eigenvalue weighted by Crippen LogP contribution is -2.43. The minimum absolute atomic E-state index is 0.0479. The van der Waals surface area contributed by atoms with Gasteiger partial charge in [-0.05, 0) is 43.7 Å². The summed E-state index contributed by atoms with van der Waals surface area (Å²) in [5.74, 6) is -0.470. The van der Waals surface area contributed by atoms with Crippen LogP contribution in [0.4, 0.5) is 14.9 Å². The van der Waals surface area contributed by atoms with Crippen LogP contribution in [0, 0.1) is 5.82 Å². The van der Waals surface area contributed by atoms with Crippen LogP contribution >= 0.6 is 11.6 Å². The number of rotatable bonds is 3. The average molecular weight is 389 g/mol. The third-order valence-electron chi connectivity index (χ3n) is 5.72. The molecule has 0 radical (unpaired) electrons. The van der Waals surface area contributed by atoms with Crippen LogP contribution in [-0.4, -0.2) is 36.2 Å². The lowest BCUT2D eigenvalue weighted by Gasteiger charge is -2.35. The van der Waals surface area contributed by atoms with E-state index in [2.05, 4.69) is 17.3 Å². The third kappa shape index (κ3) is 3.80. The Morgan fingerprint density at radius 1 is 1.19 bits per heavy atom. The predicted octanol–water partition coefficient (Wildman–Crippen LogP) is 5.32. The highest BCUT2D eigenvalue weighted by atomic mass is 35.5. The number of halogens is 2. The van der Waals surface area contributed by atoms with E-state index in [0.29, 0.717) is 17.8 Å². The number of para-hydroxylation sites is 1. The zero-order chi connectivity index (χ0) is 19.0. The van der Waals surface area contributed by atoms with Crippen LogP contribution in [0.2, 0.25) is 5.02 Å². The fourth-order valence-corrected chi connectivity index (χ4v) is 4.44. The van der Waals surface area contributed by atoms with Gasteiger partial charge in [0.05, 0.1) is 10.7 Å². The van der Waals surface area contributed by atoms with Gasteiger partial charge in [0.15, 0.2) is 0 Å². The van der Waals surface area contributed by atoms with Crippen LogP contribution in [0.3, 0.4) is 0 Å². The molecule has 2 aromatic rings. The van der Waals surface area contributed by atoms with Crippen molar-refractivity contribution in [3.8, 4) is 11.1 Å². The van der Waals surface area contributed by atoms with Crippen molar-refractivity contribution >= 4 is 23.4 Å². The molecule has 142 valence electrons. The van der Waals surface area contributed by atoms with Crippen molar-refractivity contribution in [3.63, 3.8) is 0 Å². The molecule has 2 aromatic carbocycles. The molecule has 2 bridgehead atoms. The summed E-state index contributed by atoms with van der Waals surface area (Å²) >= 11 is 5.90. The average Bonchev–Trinajstić information content (AvgIpc) is 2.86. The Labute approximate surface area is 163 Å². The van der Waals surface area contributed by atoms with Crippen molar-refractivity contribution in [1.29, 1.82) is 0 Å². The smallest absolute Gasteiger partial charge is 0.411 e. The van der Waals surface area contributed by atoms with Gasteiger partial charge in [-0.2, -0.15) is 0 Å². The van der Waals surface area contributed by atoms with Crippen LogP contribution in [0.1, 0.15) is 25.7 Å². The largest absolute Gasteiger partial charge is 0.446 e. The molecule has 1 N–H and O–H groups in total. The number of nitrogens with one attached hydrogen (secondary N) is 1. The molecule has 0 aliphatic carbocycles. The van der Waals surface area contributed by atoms with Gasteiger partial charge < -0.3 is 9.64 Å². The number of ether oxygens (including phenoxy) is 1. The quantitative estimate of drug-likeness (QED) is 0.773. The van der Waals surface area contributed by atoms with Crippen molar-refractivity contribution in [2.75, 3.05) is 12.4 Å². The second kappa shape index (κ2) is 7.49. The van der Waals surface area contributed by atoms with E-state index in [1.807, 2.05) is 18.2 Å². The van der Waals surface area contributed by atoms with Gasteiger partial charge in [-0.1, -0.05) is 35.9 Å². The first-order valence-electron chi connectivity index (χ1n) is 9.25. The van der Waals surface area contributed by atoms with E-state index in [0.717, 1.165) is 24.0 Å². The van der Waals surface area contributed by atoms with E-state index < -0.39 is 11.9 Å². The number of nitrogens with zero attached hydrogens (tertiary/aromatic N) is 1. The van der Waals surface area contributed by atoms with E-state index >= 15 is 0 Å². The monoisotopic (exact) mass is 388 g/mol. The van der Waals surface area contributed by atoms with Crippen molar-refractivity contribution in [3.05, 3.63) is 53.3 Å². The van der Waals surface area contributed by atoms with Gasteiger partial charge >= 0.3 is 6.09 Å². The second-order valence-corrected chi connectivity index (χ2v) is 7.76. The molecule has 2 saturated heterocycles. The zero-order valence-corrected chi connectivity index (χ0v) is 15.9. The minimum Gasteiger partial charge on any atom is -0.446 e. The fraction of sp³-hybridized carbons (Fsp3) is 0.381. The summed E-state index contributed by atoms with van der Waals surface area (Å²) in [5.41, 5.74) is 2.11. The number of carbonyl (C=O) groups excluding carboxylic acids is 1. The summed E-state index contributed by atoms with van der Waals surface area (Å²) in [7, 11) is 2.16. The topological polar surface area (TPSA) is 41.6 Å². The normalized spacial score (nSPS) is 24.6. The van der Waals surface area contributed by atoms with E-state index in [1.54, 1.807) is 18.2 Å². The Morgan fingerprint density at radius 2 is 1.89 bits per heavy atom. The molecule has 4 rings (SSSR count). The Balaban J connectivity index is 1.47. The fourth-order valence-electron chi connectivity index (χ4n) is 4.26. The third-order valence-corrected chi connectivity index (χ3v) is 6.01. The Bertz CT molecular complexity index is 846. The SMILES string of the molecule is CN1C2CCC1CC(OC(=O)Nc1ccccc1-c1ccc(F)c(Cl)c1)C2. The van der Waals surface area contributed by atoms with Gasteiger partial charge in [0, 0.05) is 30.5 Å². The molecular formula is C21H22ClFN2O2. The number of hydrogen-bond acceptors (Lipinski definition) is 3. The predicted molar refractivity (Wildman–Crippen MR) is 105 cm³/mol. The summed E-state index contributed by atoms with van der Waals surface area (Å²) in [5, 5.41) is 2.89. The molecular weight excluding hydrogens is 367 g/mol. The molecule has 2 atom stereocenters. The number of carbonyl (C=O) groups is 1.